The van der Waals surface area contributed by atoms with Crippen molar-refractivity contribution in [2.75, 3.05) is 14.2 Å². The lowest BCUT2D eigenvalue weighted by Gasteiger charge is -2.40. The SMILES string of the molecule is COc1ccc([C@@H]2C(C#N)=C(S)N=C3CC(C)(C)CC(=O)C32)cc1OC. The number of methoxy groups -OCH3 is 2. The number of aliphatic imine (C=N–C) groups is 1. The standard InChI is InChI=1S/C20H22N2O3S/c1-20(2)8-13-18(14(23)9-20)17(12(10-21)19(26)22-13)11-5-6-15(24-3)16(7-11)25-4/h5-7,17-18,26H,8-9H2,1-4H3/t17-,18?/m1/s1. The molecule has 0 spiro atoms. The van der Waals surface area contributed by atoms with Crippen LogP contribution >= 0.6 is 12.6 Å². The summed E-state index contributed by atoms with van der Waals surface area (Å²) in [5, 5.41) is 10.1. The predicted octanol–water partition coefficient (Wildman–Crippen LogP) is 3.91. The second-order valence-electron chi connectivity index (χ2n) is 7.51. The Hall–Kier alpha value is -2.26. The van der Waals surface area contributed by atoms with E-state index >= 15 is 0 Å². The number of fused-ring (bicyclic) bond motifs is 1. The molecule has 6 heteroatoms. The van der Waals surface area contributed by atoms with Crippen LogP contribution in [0.25, 0.3) is 0 Å². The van der Waals surface area contributed by atoms with Crippen LogP contribution in [0.1, 0.15) is 38.2 Å². The second-order valence-corrected chi connectivity index (χ2v) is 7.93. The van der Waals surface area contributed by atoms with Gasteiger partial charge in [-0.1, -0.05) is 19.9 Å². The fraction of sp³-hybridized carbons (Fsp3) is 0.450. The minimum atomic E-state index is -0.424. The van der Waals surface area contributed by atoms with Crippen molar-refractivity contribution in [1.82, 2.24) is 0 Å². The number of hydrogen-bond donors (Lipinski definition) is 1. The summed E-state index contributed by atoms with van der Waals surface area (Å²) in [7, 11) is 3.14. The third kappa shape index (κ3) is 3.12. The summed E-state index contributed by atoms with van der Waals surface area (Å²) in [6, 6.07) is 7.72. The monoisotopic (exact) mass is 370 g/mol. The molecule has 0 saturated heterocycles. The van der Waals surface area contributed by atoms with Crippen molar-refractivity contribution in [2.45, 2.75) is 32.6 Å². The molecule has 0 N–H and O–H groups in total. The molecule has 0 aromatic heterocycles. The molecule has 1 aromatic rings. The van der Waals surface area contributed by atoms with Gasteiger partial charge in [0.05, 0.1) is 31.8 Å². The number of carbonyl (C=O) groups is 1. The summed E-state index contributed by atoms with van der Waals surface area (Å²) in [4.78, 5) is 17.5. The number of benzene rings is 1. The van der Waals surface area contributed by atoms with Gasteiger partial charge in [0.15, 0.2) is 11.5 Å². The van der Waals surface area contributed by atoms with Gasteiger partial charge < -0.3 is 9.47 Å². The lowest BCUT2D eigenvalue weighted by molar-refractivity contribution is -0.124. The van der Waals surface area contributed by atoms with Crippen LogP contribution in [-0.2, 0) is 4.79 Å². The highest BCUT2D eigenvalue weighted by molar-refractivity contribution is 7.84. The van der Waals surface area contributed by atoms with Gasteiger partial charge in [0, 0.05) is 18.1 Å². The summed E-state index contributed by atoms with van der Waals surface area (Å²) in [6.45, 7) is 4.13. The average Bonchev–Trinajstić information content (AvgIpc) is 2.58. The van der Waals surface area contributed by atoms with E-state index in [-0.39, 0.29) is 11.2 Å². The van der Waals surface area contributed by atoms with Crippen LogP contribution in [0.4, 0.5) is 0 Å². The smallest absolute Gasteiger partial charge is 0.161 e. The molecule has 1 aliphatic heterocycles. The first-order valence-corrected chi connectivity index (χ1v) is 8.91. The van der Waals surface area contributed by atoms with E-state index in [4.69, 9.17) is 9.47 Å². The van der Waals surface area contributed by atoms with Crippen molar-refractivity contribution >= 4 is 24.1 Å². The number of carbonyl (C=O) groups excluding carboxylic acids is 1. The molecule has 0 amide bonds. The van der Waals surface area contributed by atoms with Gasteiger partial charge in [0.1, 0.15) is 10.8 Å². The number of ketones is 1. The van der Waals surface area contributed by atoms with Gasteiger partial charge in [0.25, 0.3) is 0 Å². The van der Waals surface area contributed by atoms with E-state index in [0.717, 1.165) is 17.7 Å². The minimum absolute atomic E-state index is 0.119. The fourth-order valence-corrected chi connectivity index (χ4v) is 4.26. The van der Waals surface area contributed by atoms with Gasteiger partial charge in [-0.3, -0.25) is 4.79 Å². The van der Waals surface area contributed by atoms with Gasteiger partial charge in [-0.25, -0.2) is 4.99 Å². The Morgan fingerprint density at radius 1 is 1.19 bits per heavy atom. The first-order chi connectivity index (χ1) is 12.3. The van der Waals surface area contributed by atoms with Crippen molar-refractivity contribution in [3.05, 3.63) is 34.4 Å². The van der Waals surface area contributed by atoms with E-state index in [1.807, 2.05) is 12.1 Å². The van der Waals surface area contributed by atoms with E-state index in [2.05, 4.69) is 37.5 Å². The third-order valence-corrected chi connectivity index (χ3v) is 5.38. The zero-order chi connectivity index (χ0) is 19.1. The van der Waals surface area contributed by atoms with Gasteiger partial charge in [-0.15, -0.1) is 12.6 Å². The van der Waals surface area contributed by atoms with E-state index in [1.165, 1.54) is 0 Å². The zero-order valence-corrected chi connectivity index (χ0v) is 16.3. The molecular formula is C20H22N2O3S. The number of nitriles is 1. The van der Waals surface area contributed by atoms with Crippen molar-refractivity contribution in [3.63, 3.8) is 0 Å². The maximum Gasteiger partial charge on any atom is 0.161 e. The Kier molecular flexibility index (Phi) is 4.85. The Morgan fingerprint density at radius 2 is 1.88 bits per heavy atom. The Bertz CT molecular complexity index is 864. The normalized spacial score (nSPS) is 24.5. The Balaban J connectivity index is 2.15. The van der Waals surface area contributed by atoms with E-state index in [9.17, 15) is 10.1 Å². The van der Waals surface area contributed by atoms with E-state index < -0.39 is 11.8 Å². The molecule has 26 heavy (non-hydrogen) atoms. The van der Waals surface area contributed by atoms with Gasteiger partial charge >= 0.3 is 0 Å². The first kappa shape index (κ1) is 18.5. The van der Waals surface area contributed by atoms with Crippen LogP contribution in [0.2, 0.25) is 0 Å². The highest BCUT2D eigenvalue weighted by Gasteiger charge is 2.46. The number of Topliss-reactive ketones (excluding diaryl/α,β-unsaturated/α-hetero) is 1. The van der Waals surface area contributed by atoms with Gasteiger partial charge in [-0.05, 0) is 29.5 Å². The molecule has 3 rings (SSSR count). The molecule has 5 nitrogen and oxygen atoms in total. The highest BCUT2D eigenvalue weighted by atomic mass is 32.1. The van der Waals surface area contributed by atoms with Crippen molar-refractivity contribution in [3.8, 4) is 17.6 Å². The zero-order valence-electron chi connectivity index (χ0n) is 15.4. The van der Waals surface area contributed by atoms with Crippen molar-refractivity contribution < 1.29 is 14.3 Å². The summed E-state index contributed by atoms with van der Waals surface area (Å²) >= 11 is 4.44. The van der Waals surface area contributed by atoms with Crippen molar-refractivity contribution in [1.29, 1.82) is 5.26 Å². The molecule has 136 valence electrons. The van der Waals surface area contributed by atoms with E-state index in [1.54, 1.807) is 20.3 Å². The number of nitrogens with zero attached hydrogens (tertiary/aromatic N) is 2. The Morgan fingerprint density at radius 3 is 2.50 bits per heavy atom. The molecule has 1 saturated carbocycles. The molecule has 1 fully saturated rings. The molecule has 1 heterocycles. The van der Waals surface area contributed by atoms with Crippen LogP contribution in [0.15, 0.2) is 33.8 Å². The predicted molar refractivity (Wildman–Crippen MR) is 103 cm³/mol. The number of ether oxygens (including phenoxy) is 2. The van der Waals surface area contributed by atoms with Gasteiger partial charge in [0.2, 0.25) is 0 Å². The van der Waals surface area contributed by atoms with Crippen LogP contribution in [-0.4, -0.2) is 25.7 Å². The second kappa shape index (κ2) is 6.81. The summed E-state index contributed by atoms with van der Waals surface area (Å²) in [5.74, 6) is 0.463. The molecule has 2 atom stereocenters. The van der Waals surface area contributed by atoms with Crippen molar-refractivity contribution in [2.24, 2.45) is 16.3 Å². The molecule has 2 aliphatic rings. The number of thiol groups is 1. The summed E-state index contributed by atoms with van der Waals surface area (Å²) in [6.07, 6.45) is 1.19. The van der Waals surface area contributed by atoms with Gasteiger partial charge in [-0.2, -0.15) is 5.26 Å². The molecule has 1 aliphatic carbocycles. The van der Waals surface area contributed by atoms with Crippen LogP contribution in [0, 0.1) is 22.7 Å². The lowest BCUT2D eigenvalue weighted by atomic mass is 9.64. The fourth-order valence-electron chi connectivity index (χ4n) is 3.94. The minimum Gasteiger partial charge on any atom is -0.493 e. The van der Waals surface area contributed by atoms with Crippen LogP contribution in [0.5, 0.6) is 11.5 Å². The number of hydrogen-bond acceptors (Lipinski definition) is 6. The quantitative estimate of drug-likeness (QED) is 0.819. The summed E-state index contributed by atoms with van der Waals surface area (Å²) in [5.41, 5.74) is 1.93. The summed E-state index contributed by atoms with van der Waals surface area (Å²) < 4.78 is 10.7. The number of allylic oxidation sites excluding steroid dienone is 1. The lowest BCUT2D eigenvalue weighted by Crippen LogP contribution is -2.42. The van der Waals surface area contributed by atoms with Crippen LogP contribution in [0.3, 0.4) is 0 Å². The average molecular weight is 370 g/mol. The maximum atomic E-state index is 13.0. The maximum absolute atomic E-state index is 13.0. The molecule has 1 unspecified atom stereocenters. The molecule has 1 aromatic carbocycles. The molecule has 0 bridgehead atoms. The third-order valence-electron chi connectivity index (χ3n) is 5.04. The van der Waals surface area contributed by atoms with Crippen LogP contribution < -0.4 is 9.47 Å². The first-order valence-electron chi connectivity index (χ1n) is 8.46. The largest absolute Gasteiger partial charge is 0.493 e. The molecular weight excluding hydrogens is 348 g/mol. The highest BCUT2D eigenvalue weighted by Crippen LogP contribution is 2.48. The topological polar surface area (TPSA) is 71.7 Å². The number of rotatable bonds is 3. The Labute approximate surface area is 159 Å². The molecule has 0 radical (unpaired) electrons. The van der Waals surface area contributed by atoms with E-state index in [0.29, 0.717) is 28.5 Å².